The predicted octanol–water partition coefficient (Wildman–Crippen LogP) is 1.06. The van der Waals surface area contributed by atoms with Gasteiger partial charge in [0.05, 0.1) is 0 Å². The Bertz CT molecular complexity index is 330. The van der Waals surface area contributed by atoms with E-state index in [9.17, 15) is 9.59 Å². The van der Waals surface area contributed by atoms with Crippen LogP contribution in [0.5, 0.6) is 0 Å². The molecule has 3 nitrogen and oxygen atoms in total. The van der Waals surface area contributed by atoms with Crippen LogP contribution in [0.1, 0.15) is 5.56 Å². The molecule has 1 aromatic rings. The SMILES string of the molecule is O=CC=CC(=O)NCc1ccccc1. The molecule has 0 aromatic heterocycles. The molecular formula is C11H11NO2. The molecular weight excluding hydrogens is 178 g/mol. The smallest absolute Gasteiger partial charge is 0.244 e. The highest BCUT2D eigenvalue weighted by molar-refractivity contribution is 5.90. The Balaban J connectivity index is 2.38. The quantitative estimate of drug-likeness (QED) is 0.568. The van der Waals surface area contributed by atoms with Gasteiger partial charge in [0.25, 0.3) is 0 Å². The Hall–Kier alpha value is -1.90. The molecule has 1 rings (SSSR count). The Morgan fingerprint density at radius 2 is 2.00 bits per heavy atom. The lowest BCUT2D eigenvalue weighted by molar-refractivity contribution is -0.117. The van der Waals surface area contributed by atoms with Crippen molar-refractivity contribution in [3.05, 3.63) is 48.0 Å². The van der Waals surface area contributed by atoms with E-state index in [1.807, 2.05) is 30.3 Å². The number of nitrogens with one attached hydrogen (secondary N) is 1. The van der Waals surface area contributed by atoms with E-state index in [1.165, 1.54) is 12.2 Å². The standard InChI is InChI=1S/C11H11NO2/c13-8-4-7-11(14)12-9-10-5-2-1-3-6-10/h1-8H,9H2,(H,12,14). The molecule has 0 spiro atoms. The fraction of sp³-hybridized carbons (Fsp3) is 0.0909. The van der Waals surface area contributed by atoms with E-state index in [0.717, 1.165) is 5.56 Å². The Labute approximate surface area is 82.4 Å². The van der Waals surface area contributed by atoms with Crippen LogP contribution in [0.3, 0.4) is 0 Å². The van der Waals surface area contributed by atoms with Crippen LogP contribution < -0.4 is 5.32 Å². The molecule has 1 aromatic carbocycles. The van der Waals surface area contributed by atoms with Gasteiger partial charge in [-0.05, 0) is 11.6 Å². The fourth-order valence-electron chi connectivity index (χ4n) is 0.971. The van der Waals surface area contributed by atoms with E-state index in [0.29, 0.717) is 12.8 Å². The number of benzene rings is 1. The molecule has 0 saturated carbocycles. The predicted molar refractivity (Wildman–Crippen MR) is 53.5 cm³/mol. The van der Waals surface area contributed by atoms with Gasteiger partial charge in [0, 0.05) is 12.6 Å². The number of carbonyl (C=O) groups excluding carboxylic acids is 2. The average molecular weight is 189 g/mol. The lowest BCUT2D eigenvalue weighted by Gasteiger charge is -2.00. The van der Waals surface area contributed by atoms with Crippen molar-refractivity contribution in [1.82, 2.24) is 5.32 Å². The number of hydrogen-bond acceptors (Lipinski definition) is 2. The van der Waals surface area contributed by atoms with Crippen LogP contribution in [0.25, 0.3) is 0 Å². The summed E-state index contributed by atoms with van der Waals surface area (Å²) in [6.07, 6.45) is 2.94. The molecule has 3 heteroatoms. The minimum absolute atomic E-state index is 0.263. The molecule has 1 amide bonds. The molecule has 0 fully saturated rings. The maximum absolute atomic E-state index is 11.0. The van der Waals surface area contributed by atoms with Crippen molar-refractivity contribution in [2.45, 2.75) is 6.54 Å². The molecule has 0 unspecified atom stereocenters. The summed E-state index contributed by atoms with van der Waals surface area (Å²) >= 11 is 0. The highest BCUT2D eigenvalue weighted by Gasteiger charge is 1.94. The highest BCUT2D eigenvalue weighted by Crippen LogP contribution is 1.96. The molecule has 0 heterocycles. The second-order valence-corrected chi connectivity index (χ2v) is 2.70. The second kappa shape index (κ2) is 5.70. The van der Waals surface area contributed by atoms with Gasteiger partial charge in [-0.25, -0.2) is 0 Å². The molecule has 0 bridgehead atoms. The third-order valence-electron chi connectivity index (χ3n) is 1.64. The van der Waals surface area contributed by atoms with Crippen LogP contribution in [0.4, 0.5) is 0 Å². The second-order valence-electron chi connectivity index (χ2n) is 2.70. The van der Waals surface area contributed by atoms with Gasteiger partial charge in [0.1, 0.15) is 6.29 Å². The third-order valence-corrected chi connectivity index (χ3v) is 1.64. The van der Waals surface area contributed by atoms with E-state index in [4.69, 9.17) is 0 Å². The summed E-state index contributed by atoms with van der Waals surface area (Å²) in [4.78, 5) is 20.9. The Morgan fingerprint density at radius 3 is 2.64 bits per heavy atom. The summed E-state index contributed by atoms with van der Waals surface area (Å²) in [7, 11) is 0. The molecule has 0 radical (unpaired) electrons. The summed E-state index contributed by atoms with van der Waals surface area (Å²) in [6, 6.07) is 9.57. The summed E-state index contributed by atoms with van der Waals surface area (Å²) in [5.41, 5.74) is 1.03. The van der Waals surface area contributed by atoms with Crippen molar-refractivity contribution < 1.29 is 9.59 Å². The number of aldehydes is 1. The van der Waals surface area contributed by atoms with Crippen molar-refractivity contribution in [1.29, 1.82) is 0 Å². The van der Waals surface area contributed by atoms with Crippen LogP contribution in [0.2, 0.25) is 0 Å². The van der Waals surface area contributed by atoms with Crippen molar-refractivity contribution >= 4 is 12.2 Å². The third kappa shape index (κ3) is 3.67. The van der Waals surface area contributed by atoms with Crippen molar-refractivity contribution in [2.75, 3.05) is 0 Å². The summed E-state index contributed by atoms with van der Waals surface area (Å²) < 4.78 is 0. The van der Waals surface area contributed by atoms with Crippen molar-refractivity contribution in [3.63, 3.8) is 0 Å². The van der Waals surface area contributed by atoms with Crippen molar-refractivity contribution in [3.8, 4) is 0 Å². The molecule has 1 N–H and O–H groups in total. The van der Waals surface area contributed by atoms with Gasteiger partial charge < -0.3 is 5.32 Å². The number of rotatable bonds is 4. The minimum Gasteiger partial charge on any atom is -0.348 e. The largest absolute Gasteiger partial charge is 0.348 e. The van der Waals surface area contributed by atoms with Gasteiger partial charge in [0.2, 0.25) is 5.91 Å². The summed E-state index contributed by atoms with van der Waals surface area (Å²) in [5.74, 6) is -0.263. The first-order valence-electron chi connectivity index (χ1n) is 4.26. The van der Waals surface area contributed by atoms with Crippen LogP contribution in [0, 0.1) is 0 Å². The number of carbonyl (C=O) groups is 2. The van der Waals surface area contributed by atoms with E-state index in [2.05, 4.69) is 5.32 Å². The van der Waals surface area contributed by atoms with E-state index in [1.54, 1.807) is 0 Å². The zero-order valence-electron chi connectivity index (χ0n) is 7.64. The summed E-state index contributed by atoms with van der Waals surface area (Å²) in [5, 5.41) is 2.65. The topological polar surface area (TPSA) is 46.2 Å². The molecule has 0 aliphatic carbocycles. The van der Waals surface area contributed by atoms with E-state index in [-0.39, 0.29) is 5.91 Å². The van der Waals surface area contributed by atoms with Gasteiger partial charge in [-0.2, -0.15) is 0 Å². The van der Waals surface area contributed by atoms with Crippen LogP contribution in [-0.4, -0.2) is 12.2 Å². The lowest BCUT2D eigenvalue weighted by atomic mass is 10.2. The van der Waals surface area contributed by atoms with E-state index < -0.39 is 0 Å². The van der Waals surface area contributed by atoms with Gasteiger partial charge in [0.15, 0.2) is 0 Å². The van der Waals surface area contributed by atoms with Crippen LogP contribution in [-0.2, 0) is 16.1 Å². The van der Waals surface area contributed by atoms with Gasteiger partial charge >= 0.3 is 0 Å². The normalized spacial score (nSPS) is 10.0. The molecule has 72 valence electrons. The fourth-order valence-corrected chi connectivity index (χ4v) is 0.971. The summed E-state index contributed by atoms with van der Waals surface area (Å²) in [6.45, 7) is 0.475. The van der Waals surface area contributed by atoms with Gasteiger partial charge in [-0.3, -0.25) is 9.59 Å². The van der Waals surface area contributed by atoms with Crippen molar-refractivity contribution in [2.24, 2.45) is 0 Å². The minimum atomic E-state index is -0.263. The van der Waals surface area contributed by atoms with Crippen LogP contribution in [0.15, 0.2) is 42.5 Å². The first kappa shape index (κ1) is 10.2. The van der Waals surface area contributed by atoms with E-state index >= 15 is 0 Å². The lowest BCUT2D eigenvalue weighted by Crippen LogP contribution is -2.20. The maximum Gasteiger partial charge on any atom is 0.244 e. The molecule has 14 heavy (non-hydrogen) atoms. The number of amides is 1. The number of allylic oxidation sites excluding steroid dienone is 1. The molecule has 0 saturated heterocycles. The molecule has 0 aliphatic rings. The first-order valence-corrected chi connectivity index (χ1v) is 4.26. The average Bonchev–Trinajstić information content (AvgIpc) is 2.25. The molecule has 0 aliphatic heterocycles. The number of hydrogen-bond donors (Lipinski definition) is 1. The maximum atomic E-state index is 11.0. The Kier molecular flexibility index (Phi) is 4.14. The van der Waals surface area contributed by atoms with Gasteiger partial charge in [-0.15, -0.1) is 0 Å². The molecule has 0 atom stereocenters. The van der Waals surface area contributed by atoms with Gasteiger partial charge in [-0.1, -0.05) is 30.3 Å². The zero-order valence-corrected chi connectivity index (χ0v) is 7.64. The monoisotopic (exact) mass is 189 g/mol. The Morgan fingerprint density at radius 1 is 1.29 bits per heavy atom. The highest BCUT2D eigenvalue weighted by atomic mass is 16.1. The zero-order chi connectivity index (χ0) is 10.2. The first-order chi connectivity index (χ1) is 6.83. The van der Waals surface area contributed by atoms with Crippen LogP contribution >= 0.6 is 0 Å².